The van der Waals surface area contributed by atoms with Crippen LogP contribution in [0.1, 0.15) is 15.6 Å². The first-order valence-electron chi connectivity index (χ1n) is 6.56. The van der Waals surface area contributed by atoms with Crippen LogP contribution in [-0.2, 0) is 13.1 Å². The molecule has 0 fully saturated rings. The van der Waals surface area contributed by atoms with Crippen molar-refractivity contribution in [1.29, 1.82) is 0 Å². The monoisotopic (exact) mass is 300 g/mol. The van der Waals surface area contributed by atoms with Gasteiger partial charge in [-0.2, -0.15) is 0 Å². The molecule has 0 aliphatic rings. The predicted molar refractivity (Wildman–Crippen MR) is 87.1 cm³/mol. The van der Waals surface area contributed by atoms with Crippen molar-refractivity contribution in [3.63, 3.8) is 0 Å². The van der Waals surface area contributed by atoms with E-state index in [2.05, 4.69) is 51.4 Å². The van der Waals surface area contributed by atoms with Gasteiger partial charge < -0.3 is 5.32 Å². The van der Waals surface area contributed by atoms with Crippen molar-refractivity contribution in [2.24, 2.45) is 0 Å². The molecule has 3 aromatic rings. The summed E-state index contributed by atoms with van der Waals surface area (Å²) in [5, 5.41) is 8.92. The standard InChI is InChI=1S/C16H16N2S2/c1-12-10-20-16(18-12)9-17-8-15-7-14(11-19-15)13-5-3-2-4-6-13/h2-7,10-11,17H,8-9H2,1H3. The number of hydrogen-bond acceptors (Lipinski definition) is 4. The molecular weight excluding hydrogens is 284 g/mol. The Labute approximate surface area is 127 Å². The summed E-state index contributed by atoms with van der Waals surface area (Å²) in [4.78, 5) is 5.81. The van der Waals surface area contributed by atoms with Crippen LogP contribution in [0.5, 0.6) is 0 Å². The van der Waals surface area contributed by atoms with Crippen molar-refractivity contribution < 1.29 is 0 Å². The van der Waals surface area contributed by atoms with E-state index in [4.69, 9.17) is 0 Å². The lowest BCUT2D eigenvalue weighted by atomic mass is 10.1. The van der Waals surface area contributed by atoms with Crippen LogP contribution in [0.2, 0.25) is 0 Å². The Morgan fingerprint density at radius 1 is 1.00 bits per heavy atom. The number of benzene rings is 1. The minimum atomic E-state index is 0.844. The van der Waals surface area contributed by atoms with E-state index in [1.807, 2.05) is 13.0 Å². The highest BCUT2D eigenvalue weighted by atomic mass is 32.1. The van der Waals surface area contributed by atoms with Crippen molar-refractivity contribution in [2.75, 3.05) is 0 Å². The minimum absolute atomic E-state index is 0.844. The van der Waals surface area contributed by atoms with Gasteiger partial charge in [0.25, 0.3) is 0 Å². The quantitative estimate of drug-likeness (QED) is 0.752. The Morgan fingerprint density at radius 3 is 2.60 bits per heavy atom. The van der Waals surface area contributed by atoms with Gasteiger partial charge in [0.05, 0.1) is 0 Å². The number of nitrogens with one attached hydrogen (secondary N) is 1. The van der Waals surface area contributed by atoms with E-state index in [0.29, 0.717) is 0 Å². The summed E-state index contributed by atoms with van der Waals surface area (Å²) in [5.41, 5.74) is 3.69. The van der Waals surface area contributed by atoms with E-state index < -0.39 is 0 Å². The van der Waals surface area contributed by atoms with E-state index in [9.17, 15) is 0 Å². The van der Waals surface area contributed by atoms with Crippen molar-refractivity contribution in [2.45, 2.75) is 20.0 Å². The van der Waals surface area contributed by atoms with E-state index in [0.717, 1.165) is 23.8 Å². The molecule has 0 bridgehead atoms. The first-order chi connectivity index (χ1) is 9.81. The molecule has 2 aromatic heterocycles. The second kappa shape index (κ2) is 6.31. The molecule has 3 rings (SSSR count). The molecule has 0 spiro atoms. The van der Waals surface area contributed by atoms with Gasteiger partial charge in [0.15, 0.2) is 0 Å². The fraction of sp³-hybridized carbons (Fsp3) is 0.188. The maximum Gasteiger partial charge on any atom is 0.107 e. The summed E-state index contributed by atoms with van der Waals surface area (Å²) < 4.78 is 0. The van der Waals surface area contributed by atoms with Crippen molar-refractivity contribution in [3.8, 4) is 11.1 Å². The van der Waals surface area contributed by atoms with Crippen LogP contribution in [0.3, 0.4) is 0 Å². The highest BCUT2D eigenvalue weighted by molar-refractivity contribution is 7.10. The molecular formula is C16H16N2S2. The molecule has 1 aromatic carbocycles. The Bertz CT molecular complexity index is 671. The summed E-state index contributed by atoms with van der Waals surface area (Å²) in [5.74, 6) is 0. The molecule has 0 unspecified atom stereocenters. The molecule has 0 saturated carbocycles. The van der Waals surface area contributed by atoms with Gasteiger partial charge in [-0.1, -0.05) is 30.3 Å². The summed E-state index contributed by atoms with van der Waals surface area (Å²) in [7, 11) is 0. The van der Waals surface area contributed by atoms with E-state index >= 15 is 0 Å². The average Bonchev–Trinajstić information content (AvgIpc) is 3.09. The van der Waals surface area contributed by atoms with Crippen LogP contribution >= 0.6 is 22.7 Å². The van der Waals surface area contributed by atoms with Crippen LogP contribution in [0.25, 0.3) is 11.1 Å². The molecule has 0 atom stereocenters. The SMILES string of the molecule is Cc1csc(CNCc2cc(-c3ccccc3)cs2)n1. The number of hydrogen-bond donors (Lipinski definition) is 1. The van der Waals surface area contributed by atoms with Gasteiger partial charge in [-0.05, 0) is 29.5 Å². The number of nitrogens with zero attached hydrogens (tertiary/aromatic N) is 1. The molecule has 102 valence electrons. The predicted octanol–water partition coefficient (Wildman–Crippen LogP) is 4.47. The van der Waals surface area contributed by atoms with Crippen LogP contribution < -0.4 is 5.32 Å². The first-order valence-corrected chi connectivity index (χ1v) is 8.32. The second-order valence-electron chi connectivity index (χ2n) is 4.65. The maximum absolute atomic E-state index is 4.45. The fourth-order valence-corrected chi connectivity index (χ4v) is 3.64. The smallest absolute Gasteiger partial charge is 0.107 e. The largest absolute Gasteiger partial charge is 0.306 e. The molecule has 2 heterocycles. The normalized spacial score (nSPS) is 10.8. The Hall–Kier alpha value is -1.49. The van der Waals surface area contributed by atoms with E-state index in [1.54, 1.807) is 22.7 Å². The number of rotatable bonds is 5. The summed E-state index contributed by atoms with van der Waals surface area (Å²) >= 11 is 3.52. The highest BCUT2D eigenvalue weighted by Gasteiger charge is 2.03. The van der Waals surface area contributed by atoms with E-state index in [-0.39, 0.29) is 0 Å². The van der Waals surface area contributed by atoms with Crippen molar-refractivity contribution in [3.05, 3.63) is 62.7 Å². The lowest BCUT2D eigenvalue weighted by Gasteiger charge is -1.99. The molecule has 20 heavy (non-hydrogen) atoms. The molecule has 4 heteroatoms. The van der Waals surface area contributed by atoms with Crippen LogP contribution in [0, 0.1) is 6.92 Å². The van der Waals surface area contributed by atoms with E-state index in [1.165, 1.54) is 16.0 Å². The third-order valence-electron chi connectivity index (χ3n) is 3.00. The summed E-state index contributed by atoms with van der Waals surface area (Å²) in [6.45, 7) is 3.78. The van der Waals surface area contributed by atoms with Gasteiger partial charge in [0, 0.05) is 29.0 Å². The zero-order valence-corrected chi connectivity index (χ0v) is 12.9. The Morgan fingerprint density at radius 2 is 1.85 bits per heavy atom. The molecule has 0 amide bonds. The number of thiazole rings is 1. The minimum Gasteiger partial charge on any atom is -0.306 e. The summed E-state index contributed by atoms with van der Waals surface area (Å²) in [6.07, 6.45) is 0. The maximum atomic E-state index is 4.45. The zero-order valence-electron chi connectivity index (χ0n) is 11.3. The van der Waals surface area contributed by atoms with Crippen LogP contribution in [0.15, 0.2) is 47.2 Å². The number of thiophene rings is 1. The van der Waals surface area contributed by atoms with Gasteiger partial charge in [0.1, 0.15) is 5.01 Å². The second-order valence-corrected chi connectivity index (χ2v) is 6.59. The highest BCUT2D eigenvalue weighted by Crippen LogP contribution is 2.25. The molecule has 1 N–H and O–H groups in total. The van der Waals surface area contributed by atoms with Crippen LogP contribution in [0.4, 0.5) is 0 Å². The van der Waals surface area contributed by atoms with Gasteiger partial charge in [-0.25, -0.2) is 4.98 Å². The summed E-state index contributed by atoms with van der Waals surface area (Å²) in [6, 6.07) is 12.8. The third kappa shape index (κ3) is 3.33. The molecule has 2 nitrogen and oxygen atoms in total. The Balaban J connectivity index is 1.58. The van der Waals surface area contributed by atoms with Gasteiger partial charge in [0.2, 0.25) is 0 Å². The topological polar surface area (TPSA) is 24.9 Å². The lowest BCUT2D eigenvalue weighted by Crippen LogP contribution is -2.11. The molecule has 0 aliphatic carbocycles. The lowest BCUT2D eigenvalue weighted by molar-refractivity contribution is 0.696. The van der Waals surface area contributed by atoms with Crippen LogP contribution in [-0.4, -0.2) is 4.98 Å². The fourth-order valence-electron chi connectivity index (χ4n) is 2.03. The molecule has 0 aliphatic heterocycles. The molecule has 0 radical (unpaired) electrons. The zero-order chi connectivity index (χ0) is 13.8. The first kappa shape index (κ1) is 13.5. The van der Waals surface area contributed by atoms with Gasteiger partial charge in [-0.15, -0.1) is 22.7 Å². The number of aromatic nitrogens is 1. The van der Waals surface area contributed by atoms with Gasteiger partial charge in [-0.3, -0.25) is 0 Å². The van der Waals surface area contributed by atoms with Gasteiger partial charge >= 0.3 is 0 Å². The number of aryl methyl sites for hydroxylation is 1. The van der Waals surface area contributed by atoms with Crippen molar-refractivity contribution in [1.82, 2.24) is 10.3 Å². The molecule has 0 saturated heterocycles. The average molecular weight is 300 g/mol. The van der Waals surface area contributed by atoms with Crippen molar-refractivity contribution >= 4 is 22.7 Å². The Kier molecular flexibility index (Phi) is 4.25. The third-order valence-corrected chi connectivity index (χ3v) is 4.91.